The summed E-state index contributed by atoms with van der Waals surface area (Å²) in [5.74, 6) is -0.672. The fourth-order valence-corrected chi connectivity index (χ4v) is 2.51. The number of hydrogen-bond acceptors (Lipinski definition) is 5. The maximum absolute atomic E-state index is 12.5. The van der Waals surface area contributed by atoms with E-state index in [9.17, 15) is 9.59 Å². The van der Waals surface area contributed by atoms with Gasteiger partial charge in [0.05, 0.1) is 12.2 Å². The third-order valence-corrected chi connectivity index (χ3v) is 4.05. The predicted octanol–water partition coefficient (Wildman–Crippen LogP) is 2.72. The molecule has 142 valence electrons. The molecule has 0 atom stereocenters. The molecule has 3 rings (SSSR count). The number of carbonyl (C=O) groups is 2. The summed E-state index contributed by atoms with van der Waals surface area (Å²) in [7, 11) is 3.89. The number of amides is 2. The van der Waals surface area contributed by atoms with Gasteiger partial charge in [0.1, 0.15) is 5.69 Å². The molecule has 7 heteroatoms. The van der Waals surface area contributed by atoms with Crippen molar-refractivity contribution in [3.8, 4) is 0 Å². The van der Waals surface area contributed by atoms with E-state index in [1.165, 1.54) is 12.3 Å². The molecule has 28 heavy (non-hydrogen) atoms. The average Bonchev–Trinajstić information content (AvgIpc) is 2.73. The number of benzene rings is 1. The predicted molar refractivity (Wildman–Crippen MR) is 108 cm³/mol. The van der Waals surface area contributed by atoms with E-state index in [0.29, 0.717) is 17.8 Å². The highest BCUT2D eigenvalue weighted by molar-refractivity contribution is 6.04. The molecule has 0 radical (unpaired) electrons. The number of rotatable bonds is 6. The maximum Gasteiger partial charge on any atom is 0.274 e. The lowest BCUT2D eigenvalue weighted by Gasteiger charge is -2.13. The van der Waals surface area contributed by atoms with Gasteiger partial charge in [-0.2, -0.15) is 0 Å². The van der Waals surface area contributed by atoms with E-state index in [-0.39, 0.29) is 17.5 Å². The largest absolute Gasteiger partial charge is 0.378 e. The molecule has 0 aliphatic carbocycles. The topological polar surface area (TPSA) is 87.2 Å². The van der Waals surface area contributed by atoms with Crippen molar-refractivity contribution in [3.05, 3.63) is 83.9 Å². The van der Waals surface area contributed by atoms with Crippen molar-refractivity contribution in [2.24, 2.45) is 0 Å². The monoisotopic (exact) mass is 375 g/mol. The van der Waals surface area contributed by atoms with Gasteiger partial charge in [-0.15, -0.1) is 0 Å². The first-order valence-corrected chi connectivity index (χ1v) is 8.76. The van der Waals surface area contributed by atoms with Crippen molar-refractivity contribution in [2.45, 2.75) is 6.54 Å². The molecule has 0 aliphatic rings. The van der Waals surface area contributed by atoms with Crippen LogP contribution in [0.4, 0.5) is 11.4 Å². The Hall–Kier alpha value is -3.74. The van der Waals surface area contributed by atoms with Gasteiger partial charge in [-0.3, -0.25) is 19.6 Å². The molecule has 0 spiro atoms. The normalized spacial score (nSPS) is 10.2. The van der Waals surface area contributed by atoms with E-state index >= 15 is 0 Å². The lowest BCUT2D eigenvalue weighted by atomic mass is 10.2. The number of nitrogens with one attached hydrogen (secondary N) is 2. The van der Waals surface area contributed by atoms with Crippen LogP contribution in [0.1, 0.15) is 26.5 Å². The number of aromatic nitrogens is 2. The smallest absolute Gasteiger partial charge is 0.274 e. The lowest BCUT2D eigenvalue weighted by molar-refractivity contribution is 0.0950. The fourth-order valence-electron chi connectivity index (χ4n) is 2.51. The molecule has 2 N–H and O–H groups in total. The summed E-state index contributed by atoms with van der Waals surface area (Å²) >= 11 is 0. The number of carbonyl (C=O) groups excluding carboxylic acids is 2. The Bertz CT molecular complexity index is 956. The van der Waals surface area contributed by atoms with Gasteiger partial charge < -0.3 is 15.5 Å². The summed E-state index contributed by atoms with van der Waals surface area (Å²) in [5.41, 5.74) is 2.97. The van der Waals surface area contributed by atoms with Crippen molar-refractivity contribution >= 4 is 23.2 Å². The average molecular weight is 375 g/mol. The number of nitrogens with zero attached hydrogens (tertiary/aromatic N) is 3. The number of hydrogen-bond donors (Lipinski definition) is 2. The quantitative estimate of drug-likeness (QED) is 0.692. The first-order chi connectivity index (χ1) is 13.5. The van der Waals surface area contributed by atoms with Gasteiger partial charge in [0.15, 0.2) is 0 Å². The molecule has 7 nitrogen and oxygen atoms in total. The van der Waals surface area contributed by atoms with Crippen LogP contribution in [0.2, 0.25) is 0 Å². The molecule has 2 heterocycles. The Balaban J connectivity index is 1.64. The second-order valence-electron chi connectivity index (χ2n) is 6.33. The van der Waals surface area contributed by atoms with Crippen LogP contribution >= 0.6 is 0 Å². The van der Waals surface area contributed by atoms with Gasteiger partial charge in [0.2, 0.25) is 0 Å². The zero-order chi connectivity index (χ0) is 19.9. The SMILES string of the molecule is CN(C)c1ccc(NC(=O)c2cc(C(=O)NCc3ccccn3)ccn2)cc1. The van der Waals surface area contributed by atoms with Crippen molar-refractivity contribution in [1.29, 1.82) is 0 Å². The van der Waals surface area contributed by atoms with E-state index in [4.69, 9.17) is 0 Å². The summed E-state index contributed by atoms with van der Waals surface area (Å²) in [6, 6.07) is 16.0. The Morgan fingerprint density at radius 2 is 1.71 bits per heavy atom. The minimum absolute atomic E-state index is 0.169. The summed E-state index contributed by atoms with van der Waals surface area (Å²) in [5, 5.41) is 5.57. The Morgan fingerprint density at radius 1 is 0.929 bits per heavy atom. The van der Waals surface area contributed by atoms with Crippen molar-refractivity contribution < 1.29 is 9.59 Å². The van der Waals surface area contributed by atoms with Crippen LogP contribution in [0.25, 0.3) is 0 Å². The highest BCUT2D eigenvalue weighted by atomic mass is 16.2. The fraction of sp³-hybridized carbons (Fsp3) is 0.143. The van der Waals surface area contributed by atoms with Gasteiger partial charge in [0.25, 0.3) is 11.8 Å². The Kier molecular flexibility index (Phi) is 5.96. The molecule has 1 aromatic carbocycles. The van der Waals surface area contributed by atoms with Crippen LogP contribution in [0, 0.1) is 0 Å². The summed E-state index contributed by atoms with van der Waals surface area (Å²) < 4.78 is 0. The van der Waals surface area contributed by atoms with E-state index < -0.39 is 0 Å². The molecule has 0 aliphatic heterocycles. The first kappa shape index (κ1) is 19.0. The van der Waals surface area contributed by atoms with Gasteiger partial charge in [-0.1, -0.05) is 6.07 Å². The van der Waals surface area contributed by atoms with Crippen molar-refractivity contribution in [1.82, 2.24) is 15.3 Å². The first-order valence-electron chi connectivity index (χ1n) is 8.76. The second-order valence-corrected chi connectivity index (χ2v) is 6.33. The van der Waals surface area contributed by atoms with E-state index in [1.54, 1.807) is 12.3 Å². The molecule has 2 amide bonds. The van der Waals surface area contributed by atoms with Crippen LogP contribution in [0.5, 0.6) is 0 Å². The standard InChI is InChI=1S/C21H21N5O2/c1-26(2)18-8-6-16(7-9-18)25-21(28)19-13-15(10-12-23-19)20(27)24-14-17-5-3-4-11-22-17/h3-13H,14H2,1-2H3,(H,24,27)(H,25,28). The van der Waals surface area contributed by atoms with Crippen molar-refractivity contribution in [2.75, 3.05) is 24.3 Å². The molecule has 0 fully saturated rings. The number of pyridine rings is 2. The van der Waals surface area contributed by atoms with E-state index in [1.807, 2.05) is 61.5 Å². The molecule has 0 saturated heterocycles. The zero-order valence-corrected chi connectivity index (χ0v) is 15.7. The van der Waals surface area contributed by atoms with Gasteiger partial charge in [-0.05, 0) is 48.5 Å². The van der Waals surface area contributed by atoms with Gasteiger partial charge in [-0.25, -0.2) is 0 Å². The van der Waals surface area contributed by atoms with Crippen LogP contribution in [0.15, 0.2) is 67.0 Å². The maximum atomic E-state index is 12.5. The highest BCUT2D eigenvalue weighted by Gasteiger charge is 2.12. The minimum atomic E-state index is -0.378. The molecular weight excluding hydrogens is 354 g/mol. The third kappa shape index (κ3) is 4.91. The van der Waals surface area contributed by atoms with E-state index in [0.717, 1.165) is 11.4 Å². The van der Waals surface area contributed by atoms with Gasteiger partial charge >= 0.3 is 0 Å². The molecule has 0 saturated carbocycles. The lowest BCUT2D eigenvalue weighted by Crippen LogP contribution is -2.24. The highest BCUT2D eigenvalue weighted by Crippen LogP contribution is 2.16. The molecular formula is C21H21N5O2. The molecule has 2 aromatic heterocycles. The van der Waals surface area contributed by atoms with Crippen LogP contribution in [0.3, 0.4) is 0 Å². The summed E-state index contributed by atoms with van der Waals surface area (Å²) in [6.07, 6.45) is 3.11. The van der Waals surface area contributed by atoms with Crippen LogP contribution < -0.4 is 15.5 Å². The second kappa shape index (κ2) is 8.77. The van der Waals surface area contributed by atoms with Crippen LogP contribution in [-0.2, 0) is 6.54 Å². The third-order valence-electron chi connectivity index (χ3n) is 4.05. The minimum Gasteiger partial charge on any atom is -0.378 e. The van der Waals surface area contributed by atoms with Crippen LogP contribution in [-0.4, -0.2) is 35.9 Å². The number of anilines is 2. The molecule has 0 unspecified atom stereocenters. The molecule has 0 bridgehead atoms. The molecule has 3 aromatic rings. The van der Waals surface area contributed by atoms with Gasteiger partial charge in [0, 0.05) is 43.4 Å². The Labute approximate surface area is 163 Å². The zero-order valence-electron chi connectivity index (χ0n) is 15.7. The summed E-state index contributed by atoms with van der Waals surface area (Å²) in [4.78, 5) is 35.0. The Morgan fingerprint density at radius 3 is 2.39 bits per heavy atom. The van der Waals surface area contributed by atoms with E-state index in [2.05, 4.69) is 20.6 Å². The summed E-state index contributed by atoms with van der Waals surface area (Å²) in [6.45, 7) is 0.307. The van der Waals surface area contributed by atoms with Crippen molar-refractivity contribution in [3.63, 3.8) is 0 Å².